The van der Waals surface area contributed by atoms with Gasteiger partial charge >= 0.3 is 6.01 Å². The fourth-order valence-electron chi connectivity index (χ4n) is 4.16. The third-order valence-electron chi connectivity index (χ3n) is 5.70. The number of amides is 1. The zero-order chi connectivity index (χ0) is 22.5. The molecule has 2 aromatic heterocycles. The number of hydrogen-bond acceptors (Lipinski definition) is 6. The smallest absolute Gasteiger partial charge is 0.321 e. The molecule has 0 unspecified atom stereocenters. The lowest BCUT2D eigenvalue weighted by molar-refractivity contribution is 0.0737. The number of hydrogen-bond donors (Lipinski definition) is 0. The number of fused-ring (bicyclic) bond motifs is 1. The predicted octanol–water partition coefficient (Wildman–Crippen LogP) is 4.15. The minimum absolute atomic E-state index is 0.0375. The van der Waals surface area contributed by atoms with Gasteiger partial charge in [-0.2, -0.15) is 0 Å². The SMILES string of the molecule is O=C(c1cccc(Oc2ncccn2)c1)N1CCOC[C@@H](Cc2cccc3ncccc23)C1. The van der Waals surface area contributed by atoms with Crippen molar-refractivity contribution in [1.82, 2.24) is 19.9 Å². The van der Waals surface area contributed by atoms with E-state index < -0.39 is 0 Å². The van der Waals surface area contributed by atoms with E-state index in [2.05, 4.69) is 27.1 Å². The summed E-state index contributed by atoms with van der Waals surface area (Å²) in [4.78, 5) is 27.8. The van der Waals surface area contributed by atoms with Gasteiger partial charge in [-0.1, -0.05) is 24.3 Å². The van der Waals surface area contributed by atoms with Crippen LogP contribution in [-0.4, -0.2) is 52.1 Å². The Bertz CT molecular complexity index is 1240. The van der Waals surface area contributed by atoms with Gasteiger partial charge in [0, 0.05) is 48.5 Å². The highest BCUT2D eigenvalue weighted by Gasteiger charge is 2.24. The van der Waals surface area contributed by atoms with E-state index in [1.165, 1.54) is 5.56 Å². The second-order valence-electron chi connectivity index (χ2n) is 8.04. The van der Waals surface area contributed by atoms with Gasteiger partial charge in [0.05, 0.1) is 18.7 Å². The van der Waals surface area contributed by atoms with Gasteiger partial charge in [0.15, 0.2) is 0 Å². The third-order valence-corrected chi connectivity index (χ3v) is 5.70. The van der Waals surface area contributed by atoms with Crippen LogP contribution < -0.4 is 4.74 Å². The van der Waals surface area contributed by atoms with E-state index in [0.29, 0.717) is 37.6 Å². The van der Waals surface area contributed by atoms with E-state index in [9.17, 15) is 4.79 Å². The first kappa shape index (κ1) is 21.0. The maximum absolute atomic E-state index is 13.3. The molecule has 33 heavy (non-hydrogen) atoms. The summed E-state index contributed by atoms with van der Waals surface area (Å²) >= 11 is 0. The first-order valence-corrected chi connectivity index (χ1v) is 11.0. The zero-order valence-electron chi connectivity index (χ0n) is 18.1. The van der Waals surface area contributed by atoms with Crippen LogP contribution in [0.25, 0.3) is 10.9 Å². The van der Waals surface area contributed by atoms with Crippen LogP contribution in [0.1, 0.15) is 15.9 Å². The van der Waals surface area contributed by atoms with Gasteiger partial charge in [0.25, 0.3) is 5.91 Å². The van der Waals surface area contributed by atoms with E-state index in [4.69, 9.17) is 9.47 Å². The van der Waals surface area contributed by atoms with Gasteiger partial charge < -0.3 is 14.4 Å². The predicted molar refractivity (Wildman–Crippen MR) is 124 cm³/mol. The Kier molecular flexibility index (Phi) is 6.21. The zero-order valence-corrected chi connectivity index (χ0v) is 18.1. The average molecular weight is 441 g/mol. The molecular weight excluding hydrogens is 416 g/mol. The van der Waals surface area contributed by atoms with Crippen LogP contribution in [0.3, 0.4) is 0 Å². The van der Waals surface area contributed by atoms with Crippen molar-refractivity contribution < 1.29 is 14.3 Å². The van der Waals surface area contributed by atoms with E-state index in [1.807, 2.05) is 29.3 Å². The van der Waals surface area contributed by atoms with E-state index in [1.54, 1.807) is 42.7 Å². The lowest BCUT2D eigenvalue weighted by atomic mass is 9.96. The van der Waals surface area contributed by atoms with E-state index >= 15 is 0 Å². The third kappa shape index (κ3) is 4.99. The van der Waals surface area contributed by atoms with Crippen LogP contribution >= 0.6 is 0 Å². The Hall–Kier alpha value is -3.84. The van der Waals surface area contributed by atoms with Crippen LogP contribution in [0.15, 0.2) is 79.3 Å². The molecule has 0 aliphatic carbocycles. The number of ether oxygens (including phenoxy) is 2. The summed E-state index contributed by atoms with van der Waals surface area (Å²) in [6.45, 7) is 2.32. The van der Waals surface area contributed by atoms with Crippen LogP contribution in [0.5, 0.6) is 11.8 Å². The molecule has 0 radical (unpaired) electrons. The molecule has 1 amide bonds. The summed E-state index contributed by atoms with van der Waals surface area (Å²) in [5, 5.41) is 1.15. The first-order chi connectivity index (χ1) is 16.3. The highest BCUT2D eigenvalue weighted by atomic mass is 16.5. The minimum Gasteiger partial charge on any atom is -0.424 e. The second kappa shape index (κ2) is 9.75. The minimum atomic E-state index is -0.0375. The van der Waals surface area contributed by atoms with Crippen molar-refractivity contribution in [3.05, 3.63) is 90.4 Å². The van der Waals surface area contributed by atoms with Gasteiger partial charge in [-0.3, -0.25) is 9.78 Å². The van der Waals surface area contributed by atoms with E-state index in [0.717, 1.165) is 17.3 Å². The van der Waals surface area contributed by atoms with Crippen molar-refractivity contribution in [3.63, 3.8) is 0 Å². The van der Waals surface area contributed by atoms with Crippen molar-refractivity contribution in [1.29, 1.82) is 0 Å². The number of rotatable bonds is 5. The molecule has 5 rings (SSSR count). The molecule has 3 heterocycles. The van der Waals surface area contributed by atoms with Crippen LogP contribution in [0.2, 0.25) is 0 Å². The van der Waals surface area contributed by atoms with Crippen molar-refractivity contribution in [2.45, 2.75) is 6.42 Å². The molecule has 0 saturated carbocycles. The maximum atomic E-state index is 13.3. The highest BCUT2D eigenvalue weighted by Crippen LogP contribution is 2.23. The summed E-state index contributed by atoms with van der Waals surface area (Å²) in [6, 6.07) is 19.3. The number of aromatic nitrogens is 3. The van der Waals surface area contributed by atoms with E-state index in [-0.39, 0.29) is 17.8 Å². The van der Waals surface area contributed by atoms with Crippen molar-refractivity contribution in [3.8, 4) is 11.8 Å². The lowest BCUT2D eigenvalue weighted by Gasteiger charge is -2.24. The molecule has 0 spiro atoms. The van der Waals surface area contributed by atoms with Crippen LogP contribution in [-0.2, 0) is 11.2 Å². The molecule has 1 aliphatic rings. The average Bonchev–Trinajstić information content (AvgIpc) is 3.10. The summed E-state index contributed by atoms with van der Waals surface area (Å²) in [6.07, 6.45) is 5.85. The summed E-state index contributed by atoms with van der Waals surface area (Å²) in [7, 11) is 0. The molecular formula is C26H24N4O3. The molecule has 1 saturated heterocycles. The number of carbonyl (C=O) groups excluding carboxylic acids is 1. The monoisotopic (exact) mass is 440 g/mol. The Morgan fingerprint density at radius 3 is 2.76 bits per heavy atom. The molecule has 0 N–H and O–H groups in total. The van der Waals surface area contributed by atoms with Crippen LogP contribution in [0, 0.1) is 5.92 Å². The summed E-state index contributed by atoms with van der Waals surface area (Å²) < 4.78 is 11.6. The molecule has 1 fully saturated rings. The summed E-state index contributed by atoms with van der Waals surface area (Å²) in [5.41, 5.74) is 2.77. The summed E-state index contributed by atoms with van der Waals surface area (Å²) in [5.74, 6) is 0.682. The number of nitrogens with zero attached hydrogens (tertiary/aromatic N) is 4. The van der Waals surface area contributed by atoms with Crippen molar-refractivity contribution in [2.75, 3.05) is 26.3 Å². The fraction of sp³-hybridized carbons (Fsp3) is 0.231. The molecule has 7 heteroatoms. The van der Waals surface area contributed by atoms with Crippen molar-refractivity contribution in [2.24, 2.45) is 5.92 Å². The Morgan fingerprint density at radius 2 is 1.85 bits per heavy atom. The Labute approximate surface area is 192 Å². The number of benzene rings is 2. The second-order valence-corrected chi connectivity index (χ2v) is 8.04. The number of carbonyl (C=O) groups is 1. The van der Waals surface area contributed by atoms with Gasteiger partial charge in [0.2, 0.25) is 0 Å². The van der Waals surface area contributed by atoms with Gasteiger partial charge in [-0.25, -0.2) is 9.97 Å². The Morgan fingerprint density at radius 1 is 1.00 bits per heavy atom. The fourth-order valence-corrected chi connectivity index (χ4v) is 4.16. The standard InChI is InChI=1S/C26H24N4O3/c31-25(21-6-1-7-22(16-21)33-26-28-11-4-12-29-26)30-13-14-32-18-19(17-30)15-20-5-2-9-24-23(20)8-3-10-27-24/h1-12,16,19H,13-15,17-18H2/t19-/m0/s1. The largest absolute Gasteiger partial charge is 0.424 e. The Balaban J connectivity index is 1.32. The normalized spacial score (nSPS) is 16.4. The molecule has 166 valence electrons. The molecule has 7 nitrogen and oxygen atoms in total. The molecule has 4 aromatic rings. The number of pyridine rings is 1. The lowest BCUT2D eigenvalue weighted by Crippen LogP contribution is -2.36. The van der Waals surface area contributed by atoms with Gasteiger partial charge in [-0.05, 0) is 48.4 Å². The highest BCUT2D eigenvalue weighted by molar-refractivity contribution is 5.94. The molecule has 2 aromatic carbocycles. The van der Waals surface area contributed by atoms with Gasteiger partial charge in [0.1, 0.15) is 5.75 Å². The molecule has 1 aliphatic heterocycles. The molecule has 0 bridgehead atoms. The quantitative estimate of drug-likeness (QED) is 0.464. The maximum Gasteiger partial charge on any atom is 0.321 e. The molecule has 1 atom stereocenters. The first-order valence-electron chi connectivity index (χ1n) is 11.0. The topological polar surface area (TPSA) is 77.4 Å². The van der Waals surface area contributed by atoms with Crippen molar-refractivity contribution >= 4 is 16.8 Å². The van der Waals surface area contributed by atoms with Gasteiger partial charge in [-0.15, -0.1) is 0 Å². The van der Waals surface area contributed by atoms with Crippen LogP contribution in [0.4, 0.5) is 0 Å².